The highest BCUT2D eigenvalue weighted by Crippen LogP contribution is 2.23. The maximum atomic E-state index is 11.7. The molecule has 0 aliphatic carbocycles. The van der Waals surface area contributed by atoms with Gasteiger partial charge in [-0.05, 0) is 18.2 Å². The molecule has 0 atom stereocenters. The second kappa shape index (κ2) is 6.75. The third kappa shape index (κ3) is 3.84. The summed E-state index contributed by atoms with van der Waals surface area (Å²) in [7, 11) is 3.50. The highest BCUT2D eigenvalue weighted by atomic mass is 19.4. The highest BCUT2D eigenvalue weighted by Gasteiger charge is 2.38. The van der Waals surface area contributed by atoms with Gasteiger partial charge in [0.2, 0.25) is 0 Å². The molecule has 3 rings (SSSR count). The summed E-state index contributed by atoms with van der Waals surface area (Å²) in [4.78, 5) is 24.9. The Bertz CT molecular complexity index is 950. The average Bonchev–Trinajstić information content (AvgIpc) is 2.95. The van der Waals surface area contributed by atoms with Crippen LogP contribution in [0.15, 0.2) is 30.6 Å². The van der Waals surface area contributed by atoms with Gasteiger partial charge >= 0.3 is 12.1 Å². The number of carboxylic acid groups (broad SMARTS) is 1. The molecule has 2 aromatic heterocycles. The van der Waals surface area contributed by atoms with Gasteiger partial charge in [-0.2, -0.15) is 18.3 Å². The Morgan fingerprint density at radius 3 is 2.44 bits per heavy atom. The highest BCUT2D eigenvalue weighted by molar-refractivity contribution is 6.06. The molecule has 0 radical (unpaired) electrons. The van der Waals surface area contributed by atoms with E-state index < -0.39 is 12.1 Å². The fourth-order valence-electron chi connectivity index (χ4n) is 2.14. The number of hydrogen-bond acceptors (Lipinski definition) is 4. The summed E-state index contributed by atoms with van der Waals surface area (Å²) in [5, 5.41) is 15.9. The first kappa shape index (κ1) is 18.2. The number of aliphatic carboxylic acids is 1. The molecule has 0 saturated heterocycles. The van der Waals surface area contributed by atoms with E-state index in [1.807, 2.05) is 19.2 Å². The Kier molecular flexibility index (Phi) is 4.91. The molecule has 132 valence electrons. The molecule has 0 bridgehead atoms. The number of alkyl halides is 3. The van der Waals surface area contributed by atoms with Crippen LogP contribution in [0.5, 0.6) is 0 Å². The number of rotatable bonds is 1. The number of carboxylic acids is 1. The van der Waals surface area contributed by atoms with E-state index in [-0.39, 0.29) is 5.91 Å². The van der Waals surface area contributed by atoms with Gasteiger partial charge in [-0.15, -0.1) is 0 Å². The molecule has 0 saturated carbocycles. The Hall–Kier alpha value is -3.17. The number of amides is 1. The fraction of sp³-hybridized carbons (Fsp3) is 0.200. The number of carbonyl (C=O) groups excluding carboxylic acids is 1. The molecule has 25 heavy (non-hydrogen) atoms. The summed E-state index contributed by atoms with van der Waals surface area (Å²) in [6.07, 6.45) is -1.52. The van der Waals surface area contributed by atoms with Crippen LogP contribution in [0.4, 0.5) is 13.2 Å². The SMILES string of the molecule is CNC(=O)c1ccc2ncc3cnn(C)c3c2c1.O=C(O)C(F)(F)F. The van der Waals surface area contributed by atoms with Crippen molar-refractivity contribution in [1.82, 2.24) is 20.1 Å². The van der Waals surface area contributed by atoms with Crippen LogP contribution in [0.3, 0.4) is 0 Å². The molecular weight excluding hydrogens is 341 g/mol. The van der Waals surface area contributed by atoms with Gasteiger partial charge in [-0.3, -0.25) is 14.5 Å². The van der Waals surface area contributed by atoms with Crippen LogP contribution < -0.4 is 5.32 Å². The van der Waals surface area contributed by atoms with E-state index in [1.165, 1.54) is 0 Å². The first-order chi connectivity index (χ1) is 11.6. The number of carbonyl (C=O) groups is 2. The number of aromatic nitrogens is 3. The smallest absolute Gasteiger partial charge is 0.475 e. The molecule has 1 amide bonds. The predicted octanol–water partition coefficient (Wildman–Crippen LogP) is 2.11. The topological polar surface area (TPSA) is 97.1 Å². The largest absolute Gasteiger partial charge is 0.490 e. The van der Waals surface area contributed by atoms with Gasteiger partial charge in [-0.25, -0.2) is 4.79 Å². The van der Waals surface area contributed by atoms with Crippen LogP contribution in [-0.2, 0) is 11.8 Å². The van der Waals surface area contributed by atoms with Crippen molar-refractivity contribution in [3.8, 4) is 0 Å². The van der Waals surface area contributed by atoms with Gasteiger partial charge in [0.25, 0.3) is 5.91 Å². The fourth-order valence-corrected chi connectivity index (χ4v) is 2.14. The van der Waals surface area contributed by atoms with Crippen molar-refractivity contribution in [3.63, 3.8) is 0 Å². The first-order valence-corrected chi connectivity index (χ1v) is 6.88. The van der Waals surface area contributed by atoms with Gasteiger partial charge in [0.15, 0.2) is 0 Å². The number of aryl methyl sites for hydroxylation is 1. The molecule has 0 fully saturated rings. The van der Waals surface area contributed by atoms with E-state index in [9.17, 15) is 18.0 Å². The normalized spacial score (nSPS) is 11.1. The van der Waals surface area contributed by atoms with Crippen LogP contribution in [0, 0.1) is 0 Å². The zero-order valence-electron chi connectivity index (χ0n) is 13.1. The van der Waals surface area contributed by atoms with Crippen LogP contribution in [-0.4, -0.2) is 45.0 Å². The number of fused-ring (bicyclic) bond motifs is 3. The third-order valence-corrected chi connectivity index (χ3v) is 3.29. The summed E-state index contributed by atoms with van der Waals surface area (Å²) in [6, 6.07) is 5.48. The molecular formula is C15H13F3N4O3. The minimum Gasteiger partial charge on any atom is -0.475 e. The van der Waals surface area contributed by atoms with E-state index in [0.717, 1.165) is 21.8 Å². The summed E-state index contributed by atoms with van der Waals surface area (Å²) < 4.78 is 33.5. The van der Waals surface area contributed by atoms with Crippen molar-refractivity contribution in [1.29, 1.82) is 0 Å². The van der Waals surface area contributed by atoms with Crippen molar-refractivity contribution < 1.29 is 27.9 Å². The van der Waals surface area contributed by atoms with Gasteiger partial charge in [0.1, 0.15) is 0 Å². The maximum Gasteiger partial charge on any atom is 0.490 e. The number of benzene rings is 1. The summed E-state index contributed by atoms with van der Waals surface area (Å²) in [6.45, 7) is 0. The lowest BCUT2D eigenvalue weighted by molar-refractivity contribution is -0.192. The van der Waals surface area contributed by atoms with Crippen molar-refractivity contribution in [3.05, 3.63) is 36.2 Å². The van der Waals surface area contributed by atoms with Crippen LogP contribution in [0.2, 0.25) is 0 Å². The molecule has 7 nitrogen and oxygen atoms in total. The summed E-state index contributed by atoms with van der Waals surface area (Å²) in [5.74, 6) is -2.86. The number of halogens is 3. The number of hydrogen-bond donors (Lipinski definition) is 2. The molecule has 1 aromatic carbocycles. The third-order valence-electron chi connectivity index (χ3n) is 3.29. The molecule has 0 unspecified atom stereocenters. The van der Waals surface area contributed by atoms with E-state index in [0.29, 0.717) is 5.56 Å². The number of pyridine rings is 1. The minimum atomic E-state index is -5.08. The lowest BCUT2D eigenvalue weighted by atomic mass is 10.1. The Labute approximate surface area is 139 Å². The van der Waals surface area contributed by atoms with Crippen molar-refractivity contribution in [2.24, 2.45) is 7.05 Å². The molecule has 2 heterocycles. The standard InChI is InChI=1S/C13H12N4O.C2HF3O2/c1-14-13(18)8-3-4-11-10(5-8)12-9(6-15-11)7-16-17(12)2;3-2(4,5)1(6)7/h3-7H,1-2H3,(H,14,18);(H,6,7). The van der Waals surface area contributed by atoms with Gasteiger partial charge in [0, 0.05) is 36.6 Å². The van der Waals surface area contributed by atoms with Crippen molar-refractivity contribution >= 4 is 33.7 Å². The van der Waals surface area contributed by atoms with Crippen LogP contribution in [0.25, 0.3) is 21.8 Å². The minimum absolute atomic E-state index is 0.101. The Balaban J connectivity index is 0.000000277. The second-order valence-electron chi connectivity index (χ2n) is 4.94. The zero-order chi connectivity index (χ0) is 18.8. The predicted molar refractivity (Wildman–Crippen MR) is 83.1 cm³/mol. The van der Waals surface area contributed by atoms with E-state index in [2.05, 4.69) is 15.4 Å². The van der Waals surface area contributed by atoms with Crippen LogP contribution in [0.1, 0.15) is 10.4 Å². The zero-order valence-corrected chi connectivity index (χ0v) is 13.1. The van der Waals surface area contributed by atoms with Crippen LogP contribution >= 0.6 is 0 Å². The van der Waals surface area contributed by atoms with Gasteiger partial charge in [0.05, 0.1) is 17.2 Å². The number of nitrogens with zero attached hydrogens (tertiary/aromatic N) is 3. The van der Waals surface area contributed by atoms with Gasteiger partial charge < -0.3 is 10.4 Å². The number of nitrogens with one attached hydrogen (secondary N) is 1. The first-order valence-electron chi connectivity index (χ1n) is 6.88. The van der Waals surface area contributed by atoms with E-state index in [1.54, 1.807) is 30.2 Å². The monoisotopic (exact) mass is 354 g/mol. The molecule has 10 heteroatoms. The van der Waals surface area contributed by atoms with E-state index in [4.69, 9.17) is 9.90 Å². The molecule has 0 aliphatic rings. The second-order valence-corrected chi connectivity index (χ2v) is 4.94. The van der Waals surface area contributed by atoms with Gasteiger partial charge in [-0.1, -0.05) is 0 Å². The summed E-state index contributed by atoms with van der Waals surface area (Å²) in [5.41, 5.74) is 2.48. The Morgan fingerprint density at radius 2 is 1.88 bits per heavy atom. The molecule has 3 aromatic rings. The van der Waals surface area contributed by atoms with E-state index >= 15 is 0 Å². The molecule has 0 spiro atoms. The average molecular weight is 354 g/mol. The lowest BCUT2D eigenvalue weighted by Gasteiger charge is -2.04. The lowest BCUT2D eigenvalue weighted by Crippen LogP contribution is -2.21. The quantitative estimate of drug-likeness (QED) is 0.698. The summed E-state index contributed by atoms with van der Waals surface area (Å²) >= 11 is 0. The molecule has 2 N–H and O–H groups in total. The molecule has 0 aliphatic heterocycles. The van der Waals surface area contributed by atoms with Crippen molar-refractivity contribution in [2.45, 2.75) is 6.18 Å². The Morgan fingerprint density at radius 1 is 1.24 bits per heavy atom. The maximum absolute atomic E-state index is 11.7. The van der Waals surface area contributed by atoms with Crippen molar-refractivity contribution in [2.75, 3.05) is 7.05 Å².